The average molecular weight is 380 g/mol. The first-order chi connectivity index (χ1) is 12.1. The molecule has 2 aromatic rings. The lowest BCUT2D eigenvalue weighted by Crippen LogP contribution is -2.28. The van der Waals surface area contributed by atoms with Crippen LogP contribution in [0.5, 0.6) is 0 Å². The van der Waals surface area contributed by atoms with E-state index < -0.39 is 0 Å². The van der Waals surface area contributed by atoms with E-state index in [-0.39, 0.29) is 24.5 Å². The monoisotopic (exact) mass is 379 g/mol. The molecule has 1 aliphatic rings. The summed E-state index contributed by atoms with van der Waals surface area (Å²) < 4.78 is 11.2. The van der Waals surface area contributed by atoms with Gasteiger partial charge < -0.3 is 14.8 Å². The number of benzene rings is 2. The Kier molecular flexibility index (Phi) is 5.84. The Morgan fingerprint density at radius 3 is 2.80 bits per heavy atom. The molecule has 0 fully saturated rings. The van der Waals surface area contributed by atoms with Gasteiger partial charge in [0.2, 0.25) is 0 Å². The van der Waals surface area contributed by atoms with Crippen molar-refractivity contribution in [1.82, 2.24) is 0 Å². The van der Waals surface area contributed by atoms with Crippen molar-refractivity contribution in [3.05, 3.63) is 63.6 Å². The molecule has 1 heterocycles. The van der Waals surface area contributed by atoms with E-state index in [1.807, 2.05) is 42.5 Å². The summed E-state index contributed by atoms with van der Waals surface area (Å²) in [6.45, 7) is 2.50. The molecule has 1 N–H and O–H groups in total. The third-order valence-electron chi connectivity index (χ3n) is 4.03. The van der Waals surface area contributed by atoms with Crippen molar-refractivity contribution in [3.8, 4) is 0 Å². The van der Waals surface area contributed by atoms with Crippen LogP contribution >= 0.6 is 23.2 Å². The molecule has 2 unspecified atom stereocenters. The standard InChI is InChI=1S/C19H19Cl2NO3/c1-2-24-18(23)10-13-11-25-19(14-5-3-4-6-16(14)21)15-9-12(20)7-8-17(15)22-13/h3-9,13,19,22H,2,10-11H2,1H3. The summed E-state index contributed by atoms with van der Waals surface area (Å²) in [7, 11) is 0. The van der Waals surface area contributed by atoms with Crippen molar-refractivity contribution in [1.29, 1.82) is 0 Å². The minimum atomic E-state index is -0.359. The van der Waals surface area contributed by atoms with Crippen LogP contribution in [0.2, 0.25) is 10.0 Å². The molecule has 0 amide bonds. The third kappa shape index (κ3) is 4.27. The Hall–Kier alpha value is -1.75. The normalized spacial score (nSPS) is 19.5. The highest BCUT2D eigenvalue weighted by Gasteiger charge is 2.28. The van der Waals surface area contributed by atoms with Gasteiger partial charge in [-0.15, -0.1) is 0 Å². The summed E-state index contributed by atoms with van der Waals surface area (Å²) in [5.74, 6) is -0.254. The zero-order valence-corrected chi connectivity index (χ0v) is 15.3. The maximum absolute atomic E-state index is 11.8. The zero-order valence-electron chi connectivity index (χ0n) is 13.8. The van der Waals surface area contributed by atoms with Crippen LogP contribution in [0.15, 0.2) is 42.5 Å². The van der Waals surface area contributed by atoms with E-state index in [1.165, 1.54) is 0 Å². The lowest BCUT2D eigenvalue weighted by Gasteiger charge is -2.19. The second-order valence-corrected chi connectivity index (χ2v) is 6.66. The van der Waals surface area contributed by atoms with Crippen LogP contribution in [-0.2, 0) is 14.3 Å². The number of halogens is 2. The number of carbonyl (C=O) groups excluding carboxylic acids is 1. The topological polar surface area (TPSA) is 47.6 Å². The van der Waals surface area contributed by atoms with Crippen LogP contribution < -0.4 is 5.32 Å². The molecule has 0 saturated heterocycles. The first kappa shape index (κ1) is 18.1. The van der Waals surface area contributed by atoms with E-state index >= 15 is 0 Å². The van der Waals surface area contributed by atoms with Gasteiger partial charge in [-0.05, 0) is 31.2 Å². The number of rotatable bonds is 4. The molecule has 25 heavy (non-hydrogen) atoms. The molecule has 0 radical (unpaired) electrons. The molecule has 0 bridgehead atoms. The van der Waals surface area contributed by atoms with Crippen LogP contribution in [0.3, 0.4) is 0 Å². The zero-order chi connectivity index (χ0) is 17.8. The summed E-state index contributed by atoms with van der Waals surface area (Å²) >= 11 is 12.6. The van der Waals surface area contributed by atoms with Crippen molar-refractivity contribution >= 4 is 34.9 Å². The van der Waals surface area contributed by atoms with Crippen molar-refractivity contribution in [2.75, 3.05) is 18.5 Å². The fourth-order valence-corrected chi connectivity index (χ4v) is 3.34. The van der Waals surface area contributed by atoms with Gasteiger partial charge in [-0.1, -0.05) is 41.4 Å². The lowest BCUT2D eigenvalue weighted by atomic mass is 9.99. The van der Waals surface area contributed by atoms with Gasteiger partial charge in [0.15, 0.2) is 0 Å². The number of fused-ring (bicyclic) bond motifs is 1. The Balaban J connectivity index is 1.94. The second kappa shape index (κ2) is 8.09. The molecule has 2 aromatic carbocycles. The van der Waals surface area contributed by atoms with Crippen molar-refractivity contribution < 1.29 is 14.3 Å². The van der Waals surface area contributed by atoms with Gasteiger partial charge in [0, 0.05) is 26.9 Å². The van der Waals surface area contributed by atoms with Crippen LogP contribution in [0.25, 0.3) is 0 Å². The number of hydrogen-bond donors (Lipinski definition) is 1. The van der Waals surface area contributed by atoms with Crippen LogP contribution in [0.4, 0.5) is 5.69 Å². The van der Waals surface area contributed by atoms with Crippen molar-refractivity contribution in [2.45, 2.75) is 25.5 Å². The minimum Gasteiger partial charge on any atom is -0.466 e. The van der Waals surface area contributed by atoms with Crippen LogP contribution in [-0.4, -0.2) is 25.2 Å². The van der Waals surface area contributed by atoms with Crippen molar-refractivity contribution in [3.63, 3.8) is 0 Å². The van der Waals surface area contributed by atoms with Gasteiger partial charge in [0.25, 0.3) is 0 Å². The largest absolute Gasteiger partial charge is 0.466 e. The fourth-order valence-electron chi connectivity index (χ4n) is 2.92. The average Bonchev–Trinajstić information content (AvgIpc) is 2.75. The molecule has 6 heteroatoms. The summed E-state index contributed by atoms with van der Waals surface area (Å²) in [6, 6.07) is 12.9. The number of esters is 1. The Morgan fingerprint density at radius 2 is 2.04 bits per heavy atom. The first-order valence-electron chi connectivity index (χ1n) is 8.16. The van der Waals surface area contributed by atoms with E-state index in [4.69, 9.17) is 32.7 Å². The molecular formula is C19H19Cl2NO3. The van der Waals surface area contributed by atoms with E-state index in [0.717, 1.165) is 16.8 Å². The summed E-state index contributed by atoms with van der Waals surface area (Å²) in [4.78, 5) is 11.8. The van der Waals surface area contributed by atoms with E-state index in [9.17, 15) is 4.79 Å². The highest BCUT2D eigenvalue weighted by Crippen LogP contribution is 2.38. The van der Waals surface area contributed by atoms with Gasteiger partial charge in [-0.2, -0.15) is 0 Å². The third-order valence-corrected chi connectivity index (χ3v) is 4.61. The number of nitrogens with one attached hydrogen (secondary N) is 1. The molecule has 132 valence electrons. The molecule has 3 rings (SSSR count). The fraction of sp³-hybridized carbons (Fsp3) is 0.316. The summed E-state index contributed by atoms with van der Waals surface area (Å²) in [6.07, 6.45) is -0.132. The molecule has 2 atom stereocenters. The van der Waals surface area contributed by atoms with Gasteiger partial charge >= 0.3 is 5.97 Å². The number of carbonyl (C=O) groups is 1. The van der Waals surface area contributed by atoms with Crippen LogP contribution in [0.1, 0.15) is 30.6 Å². The molecule has 1 aliphatic heterocycles. The maximum atomic E-state index is 11.8. The van der Waals surface area contributed by atoms with E-state index in [2.05, 4.69) is 5.32 Å². The second-order valence-electron chi connectivity index (χ2n) is 5.82. The lowest BCUT2D eigenvalue weighted by molar-refractivity contribution is -0.143. The Bertz CT molecular complexity index is 766. The molecule has 0 aliphatic carbocycles. The van der Waals surface area contributed by atoms with E-state index in [0.29, 0.717) is 23.3 Å². The van der Waals surface area contributed by atoms with Gasteiger partial charge in [0.05, 0.1) is 25.7 Å². The smallest absolute Gasteiger partial charge is 0.307 e. The van der Waals surface area contributed by atoms with Gasteiger partial charge in [-0.25, -0.2) is 0 Å². The first-order valence-corrected chi connectivity index (χ1v) is 8.91. The summed E-state index contributed by atoms with van der Waals surface area (Å²) in [5, 5.41) is 4.61. The quantitative estimate of drug-likeness (QED) is 0.771. The molecular weight excluding hydrogens is 361 g/mol. The van der Waals surface area contributed by atoms with E-state index in [1.54, 1.807) is 6.92 Å². The molecule has 0 saturated carbocycles. The predicted molar refractivity (Wildman–Crippen MR) is 99.4 cm³/mol. The van der Waals surface area contributed by atoms with Crippen LogP contribution in [0, 0.1) is 0 Å². The highest BCUT2D eigenvalue weighted by atomic mass is 35.5. The number of anilines is 1. The minimum absolute atomic E-state index is 0.188. The highest BCUT2D eigenvalue weighted by molar-refractivity contribution is 6.31. The predicted octanol–water partition coefficient (Wildman–Crippen LogP) is 4.85. The molecule has 0 aromatic heterocycles. The van der Waals surface area contributed by atoms with Gasteiger partial charge in [0.1, 0.15) is 6.10 Å². The van der Waals surface area contributed by atoms with Crippen molar-refractivity contribution in [2.24, 2.45) is 0 Å². The SMILES string of the molecule is CCOC(=O)CC1COC(c2ccccc2Cl)c2cc(Cl)ccc2N1. The Morgan fingerprint density at radius 1 is 1.24 bits per heavy atom. The summed E-state index contributed by atoms with van der Waals surface area (Å²) in [5.41, 5.74) is 2.64. The van der Waals surface area contributed by atoms with Gasteiger partial charge in [-0.3, -0.25) is 4.79 Å². The maximum Gasteiger partial charge on any atom is 0.307 e. The number of hydrogen-bond acceptors (Lipinski definition) is 4. The number of ether oxygens (including phenoxy) is 2. The molecule has 4 nitrogen and oxygen atoms in total. The molecule has 0 spiro atoms. The Labute approximate surface area is 157 Å².